The van der Waals surface area contributed by atoms with Gasteiger partial charge < -0.3 is 19.5 Å². The average Bonchev–Trinajstić information content (AvgIpc) is 3.48. The van der Waals surface area contributed by atoms with Crippen molar-refractivity contribution >= 4 is 22.4 Å². The highest BCUT2D eigenvalue weighted by atomic mass is 19.1. The van der Waals surface area contributed by atoms with E-state index < -0.39 is 0 Å². The van der Waals surface area contributed by atoms with Crippen molar-refractivity contribution in [3.05, 3.63) is 36.2 Å². The van der Waals surface area contributed by atoms with Gasteiger partial charge in [0.1, 0.15) is 6.33 Å². The average molecular weight is 466 g/mol. The highest BCUT2D eigenvalue weighted by Crippen LogP contribution is 2.40. The minimum atomic E-state index is -0.250. The molecule has 9 heteroatoms. The molecule has 0 unspecified atom stereocenters. The molecule has 0 radical (unpaired) electrons. The van der Waals surface area contributed by atoms with Crippen molar-refractivity contribution in [3.63, 3.8) is 0 Å². The summed E-state index contributed by atoms with van der Waals surface area (Å²) in [5.74, 6) is 0.902. The first-order valence-corrected chi connectivity index (χ1v) is 12.0. The molecule has 0 aliphatic carbocycles. The van der Waals surface area contributed by atoms with Crippen molar-refractivity contribution in [2.24, 2.45) is 0 Å². The Hall–Kier alpha value is -3.20. The molecular formula is C25H32FN7O. The number of aromatic amines is 1. The van der Waals surface area contributed by atoms with Crippen molar-refractivity contribution in [3.8, 4) is 17.0 Å². The van der Waals surface area contributed by atoms with Gasteiger partial charge in [-0.3, -0.25) is 0 Å². The highest BCUT2D eigenvalue weighted by Gasteiger charge is 2.28. The second kappa shape index (κ2) is 8.87. The number of H-pyrrole nitrogens is 1. The van der Waals surface area contributed by atoms with Crippen molar-refractivity contribution < 1.29 is 9.13 Å². The highest BCUT2D eigenvalue weighted by molar-refractivity contribution is 5.93. The molecule has 0 amide bonds. The molecular weight excluding hydrogens is 433 g/mol. The Labute approximate surface area is 198 Å². The Balaban J connectivity index is 1.59. The van der Waals surface area contributed by atoms with Crippen LogP contribution in [0.1, 0.15) is 45.1 Å². The molecule has 0 atom stereocenters. The number of halogens is 1. The van der Waals surface area contributed by atoms with Crippen molar-refractivity contribution in [2.45, 2.75) is 45.6 Å². The number of hydrogen-bond acceptors (Lipinski definition) is 6. The number of nitrogens with zero attached hydrogens (tertiary/aromatic N) is 6. The zero-order chi connectivity index (χ0) is 24.0. The van der Waals surface area contributed by atoms with Crippen molar-refractivity contribution in [1.29, 1.82) is 0 Å². The zero-order valence-corrected chi connectivity index (χ0v) is 20.5. The van der Waals surface area contributed by atoms with Gasteiger partial charge in [-0.1, -0.05) is 20.8 Å². The van der Waals surface area contributed by atoms with Crippen LogP contribution in [0.5, 0.6) is 5.75 Å². The molecule has 4 aromatic rings. The first kappa shape index (κ1) is 22.6. The molecule has 1 aliphatic rings. The molecule has 5 rings (SSSR count). The van der Waals surface area contributed by atoms with E-state index in [1.54, 1.807) is 17.8 Å². The molecule has 8 nitrogen and oxygen atoms in total. The number of methoxy groups -OCH3 is 1. The number of piperidine rings is 1. The quantitative estimate of drug-likeness (QED) is 0.453. The predicted molar refractivity (Wildman–Crippen MR) is 132 cm³/mol. The minimum Gasteiger partial charge on any atom is -0.493 e. The second-order valence-electron chi connectivity index (χ2n) is 9.37. The summed E-state index contributed by atoms with van der Waals surface area (Å²) >= 11 is 0. The van der Waals surface area contributed by atoms with E-state index in [2.05, 4.69) is 57.7 Å². The molecule has 5 heterocycles. The lowest BCUT2D eigenvalue weighted by Gasteiger charge is -2.37. The summed E-state index contributed by atoms with van der Waals surface area (Å²) in [4.78, 5) is 16.7. The topological polar surface area (TPSA) is 74.6 Å². The van der Waals surface area contributed by atoms with E-state index in [1.807, 2.05) is 12.3 Å². The lowest BCUT2D eigenvalue weighted by molar-refractivity contribution is 0.217. The van der Waals surface area contributed by atoms with Gasteiger partial charge in [0, 0.05) is 36.3 Å². The van der Waals surface area contributed by atoms with Crippen LogP contribution >= 0.6 is 0 Å². The molecule has 0 bridgehead atoms. The van der Waals surface area contributed by atoms with E-state index in [4.69, 9.17) is 4.74 Å². The molecule has 4 aromatic heterocycles. The second-order valence-corrected chi connectivity index (χ2v) is 9.37. The summed E-state index contributed by atoms with van der Waals surface area (Å²) in [7, 11) is 3.77. The van der Waals surface area contributed by atoms with Gasteiger partial charge in [0.25, 0.3) is 0 Å². The number of rotatable bonds is 6. The largest absolute Gasteiger partial charge is 0.493 e. The van der Waals surface area contributed by atoms with Crippen LogP contribution in [0, 0.1) is 5.82 Å². The number of aromatic nitrogens is 5. The summed E-state index contributed by atoms with van der Waals surface area (Å²) in [6, 6.07) is 2.46. The smallest absolute Gasteiger partial charge is 0.197 e. The van der Waals surface area contributed by atoms with Crippen LogP contribution in [-0.4, -0.2) is 69.3 Å². The molecule has 34 heavy (non-hydrogen) atoms. The van der Waals surface area contributed by atoms with Crippen LogP contribution in [0.4, 0.5) is 10.2 Å². The SMILES string of the molecule is CCN(C)C1CCN(c2ncc3[nH]c(-c4cc(OC)c5ncnn5c4)c(C(C)C)c3c2F)CC1. The monoisotopic (exact) mass is 465 g/mol. The number of hydrogen-bond donors (Lipinski definition) is 1. The Morgan fingerprint density at radius 2 is 2.03 bits per heavy atom. The van der Waals surface area contributed by atoms with Crippen LogP contribution in [0.15, 0.2) is 24.8 Å². The van der Waals surface area contributed by atoms with Gasteiger partial charge in [-0.05, 0) is 44.0 Å². The molecule has 1 N–H and O–H groups in total. The van der Waals surface area contributed by atoms with Crippen molar-refractivity contribution in [1.82, 2.24) is 29.5 Å². The fourth-order valence-corrected chi connectivity index (χ4v) is 5.15. The van der Waals surface area contributed by atoms with Gasteiger partial charge in [0.2, 0.25) is 0 Å². The van der Waals surface area contributed by atoms with E-state index in [9.17, 15) is 0 Å². The van der Waals surface area contributed by atoms with Crippen LogP contribution in [0.25, 0.3) is 27.8 Å². The summed E-state index contributed by atoms with van der Waals surface area (Å²) in [6.45, 7) is 8.98. The number of nitrogens with one attached hydrogen (secondary N) is 1. The molecule has 1 saturated heterocycles. The first-order chi connectivity index (χ1) is 16.4. The molecule has 180 valence electrons. The Morgan fingerprint density at radius 1 is 1.26 bits per heavy atom. The fourth-order valence-electron chi connectivity index (χ4n) is 5.15. The van der Waals surface area contributed by atoms with Crippen molar-refractivity contribution in [2.75, 3.05) is 38.7 Å². The summed E-state index contributed by atoms with van der Waals surface area (Å²) in [5.41, 5.74) is 3.97. The van der Waals surface area contributed by atoms with E-state index in [0.29, 0.717) is 34.2 Å². The molecule has 0 aromatic carbocycles. The zero-order valence-electron chi connectivity index (χ0n) is 20.5. The maximum atomic E-state index is 16.1. The van der Waals surface area contributed by atoms with Gasteiger partial charge in [-0.15, -0.1) is 0 Å². The van der Waals surface area contributed by atoms with E-state index in [1.165, 1.54) is 6.33 Å². The normalized spacial score (nSPS) is 15.4. The third kappa shape index (κ3) is 3.68. The Bertz CT molecular complexity index is 1320. The molecule has 1 aliphatic heterocycles. The van der Waals surface area contributed by atoms with Gasteiger partial charge in [-0.25, -0.2) is 18.9 Å². The number of pyridine rings is 2. The predicted octanol–water partition coefficient (Wildman–Crippen LogP) is 4.46. The van der Waals surface area contributed by atoms with Crippen LogP contribution in [-0.2, 0) is 0 Å². The van der Waals surface area contributed by atoms with Gasteiger partial charge in [-0.2, -0.15) is 5.10 Å². The van der Waals surface area contributed by atoms with E-state index in [-0.39, 0.29) is 11.7 Å². The van der Waals surface area contributed by atoms with E-state index >= 15 is 4.39 Å². The Morgan fingerprint density at radius 3 is 2.71 bits per heavy atom. The van der Waals surface area contributed by atoms with Crippen LogP contribution in [0.3, 0.4) is 0 Å². The number of ether oxygens (including phenoxy) is 1. The third-order valence-corrected chi connectivity index (χ3v) is 7.11. The van der Waals surface area contributed by atoms with Gasteiger partial charge >= 0.3 is 0 Å². The Kier molecular flexibility index (Phi) is 5.89. The molecule has 0 saturated carbocycles. The lowest BCUT2D eigenvalue weighted by Crippen LogP contribution is -2.43. The lowest BCUT2D eigenvalue weighted by atomic mass is 9.96. The number of anilines is 1. The van der Waals surface area contributed by atoms with Crippen LogP contribution in [0.2, 0.25) is 0 Å². The summed E-state index contributed by atoms with van der Waals surface area (Å²) in [5, 5.41) is 4.89. The standard InChI is InChI=1S/C25H32FN7O/c1-6-31(4)17-7-9-32(10-8-17)25-22(26)21-18(12-27-25)30-23(20(21)15(2)3)16-11-19(34-5)24-28-14-29-33(24)13-16/h11-15,17,30H,6-10H2,1-5H3. The fraction of sp³-hybridized carbons (Fsp3) is 0.480. The first-order valence-electron chi connectivity index (χ1n) is 12.0. The van der Waals surface area contributed by atoms with Gasteiger partial charge in [0.05, 0.1) is 24.5 Å². The number of fused-ring (bicyclic) bond motifs is 2. The molecule has 0 spiro atoms. The maximum absolute atomic E-state index is 16.1. The van der Waals surface area contributed by atoms with Gasteiger partial charge in [0.15, 0.2) is 23.0 Å². The minimum absolute atomic E-state index is 0.0925. The van der Waals surface area contributed by atoms with Crippen LogP contribution < -0.4 is 9.64 Å². The van der Waals surface area contributed by atoms with E-state index in [0.717, 1.165) is 49.3 Å². The third-order valence-electron chi connectivity index (χ3n) is 7.11. The summed E-state index contributed by atoms with van der Waals surface area (Å²) < 4.78 is 23.3. The molecule has 1 fully saturated rings. The maximum Gasteiger partial charge on any atom is 0.197 e. The summed E-state index contributed by atoms with van der Waals surface area (Å²) in [6.07, 6.45) is 7.17.